The van der Waals surface area contributed by atoms with Gasteiger partial charge < -0.3 is 43.6 Å². The van der Waals surface area contributed by atoms with E-state index in [0.29, 0.717) is 0 Å². The van der Waals surface area contributed by atoms with Crippen LogP contribution in [-0.2, 0) is 97.7 Å². The van der Waals surface area contributed by atoms with Gasteiger partial charge in [-0.3, -0.25) is 69.8 Å². The van der Waals surface area contributed by atoms with E-state index < -0.39 is 129 Å². The van der Waals surface area contributed by atoms with E-state index in [2.05, 4.69) is 38.8 Å². The Balaban J connectivity index is -0.00000133. The Morgan fingerprint density at radius 2 is 0.945 bits per heavy atom. The van der Waals surface area contributed by atoms with Crippen molar-refractivity contribution in [2.75, 3.05) is 32.7 Å². The number of hydroxylamine groups is 6. The molecule has 0 saturated carbocycles. The zero-order valence-electron chi connectivity index (χ0n) is 31.3. The summed E-state index contributed by atoms with van der Waals surface area (Å²) < 4.78 is 0. The van der Waals surface area contributed by atoms with Crippen molar-refractivity contribution >= 4 is 59.5 Å². The number of nitrogens with one attached hydrogen (secondary N) is 6. The van der Waals surface area contributed by atoms with Crippen molar-refractivity contribution in [3.63, 3.8) is 0 Å². The van der Waals surface area contributed by atoms with Crippen molar-refractivity contribution in [2.45, 2.75) is 85.0 Å². The average molecular weight is 909 g/mol. The molecule has 0 bridgehead atoms. The minimum atomic E-state index is -1.60. The van der Waals surface area contributed by atoms with Crippen molar-refractivity contribution in [2.24, 2.45) is 5.41 Å². The van der Waals surface area contributed by atoms with Crippen molar-refractivity contribution in [3.05, 3.63) is 6.92 Å². The minimum Gasteiger partial charge on any atom is -0.541 e. The predicted molar refractivity (Wildman–Crippen MR) is 178 cm³/mol. The molecular weight excluding hydrogens is 858 g/mol. The van der Waals surface area contributed by atoms with E-state index >= 15 is 0 Å². The number of carbonyl (C=O) groups is 9. The van der Waals surface area contributed by atoms with E-state index in [1.165, 1.54) is 0 Å². The van der Waals surface area contributed by atoms with Gasteiger partial charge in [-0.15, -0.1) is 5.41 Å². The number of amides is 9. The summed E-state index contributed by atoms with van der Waals surface area (Å²) in [5, 5.41) is 43.7. The molecule has 4 atom stereocenters. The van der Waals surface area contributed by atoms with Gasteiger partial charge in [-0.1, -0.05) is 20.8 Å². The average Bonchev–Trinajstić information content (AvgIpc) is 3.06. The summed E-state index contributed by atoms with van der Waals surface area (Å²) in [4.78, 5) is 121. The van der Waals surface area contributed by atoms with Gasteiger partial charge >= 0.3 is 0 Å². The van der Waals surface area contributed by atoms with E-state index in [1.807, 2.05) is 27.1 Å². The third-order valence-corrected chi connectivity index (χ3v) is 6.70. The van der Waals surface area contributed by atoms with Crippen LogP contribution < -0.4 is 31.9 Å². The van der Waals surface area contributed by atoms with Gasteiger partial charge in [0.15, 0.2) is 0 Å². The van der Waals surface area contributed by atoms with Crippen molar-refractivity contribution in [1.82, 2.24) is 47.1 Å². The predicted octanol–water partition coefficient (Wildman–Crippen LogP) is -3.82. The molecule has 55 heavy (non-hydrogen) atoms. The maximum Gasteiger partial charge on any atom is 0.243 e. The topological polar surface area (TPSA) is 313 Å². The molecule has 0 aliphatic carbocycles. The maximum atomic E-state index is 13.4. The van der Waals surface area contributed by atoms with Gasteiger partial charge in [0.05, 0.1) is 32.7 Å². The molecule has 1 aliphatic heterocycles. The van der Waals surface area contributed by atoms with E-state index in [9.17, 15) is 63.6 Å². The number of halogens is 1. The molecule has 0 aromatic heterocycles. The Kier molecular flexibility index (Phi) is 30.3. The van der Waals surface area contributed by atoms with Gasteiger partial charge in [0.1, 0.15) is 18.1 Å². The molecule has 0 aromatic carbocycles. The molecule has 1 aliphatic rings. The summed E-state index contributed by atoms with van der Waals surface area (Å²) in [6.07, 6.45) is 0.621. The van der Waals surface area contributed by atoms with Gasteiger partial charge in [0.25, 0.3) is 0 Å². The second kappa shape index (κ2) is 28.7. The van der Waals surface area contributed by atoms with Gasteiger partial charge in [0.2, 0.25) is 53.2 Å². The van der Waals surface area contributed by atoms with Crippen LogP contribution in [0.1, 0.15) is 60.8 Å². The zero-order chi connectivity index (χ0) is 40.3. The van der Waals surface area contributed by atoms with E-state index in [-0.39, 0.29) is 75.1 Å². The van der Waals surface area contributed by atoms with Crippen LogP contribution in [0.15, 0.2) is 0 Å². The number of hydrogen-bond donors (Lipinski definition) is 9. The largest absolute Gasteiger partial charge is 0.541 e. The molecule has 22 nitrogen and oxygen atoms in total. The van der Waals surface area contributed by atoms with Gasteiger partial charge in [-0.25, -0.2) is 15.2 Å². The first-order valence-corrected chi connectivity index (χ1v) is 15.9. The molecule has 1 fully saturated rings. The first-order valence-electron chi connectivity index (χ1n) is 15.9. The Morgan fingerprint density at radius 3 is 1.27 bits per heavy atom. The second-order valence-corrected chi connectivity index (χ2v) is 12.4. The zero-order valence-corrected chi connectivity index (χ0v) is 35.2. The number of rotatable bonds is 9. The molecule has 9 N–H and O–H groups in total. The van der Waals surface area contributed by atoms with Crippen LogP contribution in [-0.4, -0.2) is 147 Å². The van der Waals surface area contributed by atoms with Crippen LogP contribution >= 0.6 is 0 Å². The molecule has 0 spiro atoms. The fourth-order valence-corrected chi connectivity index (χ4v) is 3.72. The molecule has 1 rings (SSSR count). The summed E-state index contributed by atoms with van der Waals surface area (Å²) in [5.41, 5.74) is -0.264. The number of carbonyl (C=O) groups excluding carboxylic acids is 10. The van der Waals surface area contributed by atoms with Crippen molar-refractivity contribution in [3.8, 4) is 0 Å². The van der Waals surface area contributed by atoms with Crippen LogP contribution in [0.25, 0.3) is 0 Å². The van der Waals surface area contributed by atoms with Gasteiger partial charge in [-0.05, 0) is 25.3 Å². The Bertz CT molecular complexity index is 1320. The summed E-state index contributed by atoms with van der Waals surface area (Å²) in [7, 11) is 0. The number of nitrogens with zero attached hydrogens (tertiary/aromatic N) is 3. The number of hydrogen-bond acceptors (Lipinski definition) is 13. The first kappa shape index (κ1) is 58.0. The van der Waals surface area contributed by atoms with Crippen LogP contribution in [0.5, 0.6) is 0 Å². The monoisotopic (exact) mass is 908 g/mol. The van der Waals surface area contributed by atoms with Crippen LogP contribution in [0.2, 0.25) is 0 Å². The Morgan fingerprint density at radius 1 is 0.655 bits per heavy atom. The molecular formula is C30H50FFeN9O13Y-2. The van der Waals surface area contributed by atoms with Crippen LogP contribution in [0.4, 0.5) is 4.70 Å². The summed E-state index contributed by atoms with van der Waals surface area (Å²) in [5.74, 6) is -8.16. The summed E-state index contributed by atoms with van der Waals surface area (Å²) in [6, 6.07) is -6.08. The second-order valence-electron chi connectivity index (χ2n) is 12.4. The molecule has 1 unspecified atom stereocenters. The fraction of sp³-hybridized carbons (Fsp3) is 0.633. The third kappa shape index (κ3) is 25.2. The SMILES string of the molecule is CC(C)(C)[C-]=O.F.[CH2-]C1NC(=O)CNC(=O)[C@H](CCN(O)C(C)=O)NC(=O)[C@H](CCN(O)C(C)=O)NC(=O)[C@H](CCN(O)C(C)=O)NC(=O)CNC1=O.[Fe].[Y]. The standard InChI is InChI=1S/C25H40N9O12.C5H9O.FH.Fe.Y/c1-13-22(40)26-12-21(39)29-18(6-9-33(45)15(3)36)24(42)31-19(7-10-34(46)16(4)37)25(43)30-17(5-8-32(44)14(2)35)23(41)27-11-20(38)28-13;1-5(2,3)4-6;;;/h13,17-19,44-46H,1,5-12H2,2-4H3,(H,26,40)(H,27,41)(H,28,38)(H,29,39)(H,30,43)(H,31,42);1-3H3;1H;;/q2*-1;;;/t13?,17-,18-,19-;;;;/m0..../s1. The van der Waals surface area contributed by atoms with E-state index in [0.717, 1.165) is 20.8 Å². The first-order chi connectivity index (χ1) is 24.0. The van der Waals surface area contributed by atoms with Crippen LogP contribution in [0, 0.1) is 12.3 Å². The molecule has 0 aromatic rings. The van der Waals surface area contributed by atoms with Crippen molar-refractivity contribution in [1.29, 1.82) is 0 Å². The normalized spacial score (nSPS) is 19.6. The molecule has 1 saturated heterocycles. The van der Waals surface area contributed by atoms with Gasteiger partial charge in [0, 0.05) is 70.5 Å². The van der Waals surface area contributed by atoms with E-state index in [1.54, 1.807) is 0 Å². The smallest absolute Gasteiger partial charge is 0.243 e. The van der Waals surface area contributed by atoms with Gasteiger partial charge in [-0.2, -0.15) is 0 Å². The molecule has 1 radical (unpaired) electrons. The van der Waals surface area contributed by atoms with Crippen LogP contribution in [0.3, 0.4) is 0 Å². The minimum absolute atomic E-state index is 0. The summed E-state index contributed by atoms with van der Waals surface area (Å²) >= 11 is 0. The Labute approximate surface area is 352 Å². The van der Waals surface area contributed by atoms with E-state index in [4.69, 9.17) is 0 Å². The molecule has 25 heteroatoms. The third-order valence-electron chi connectivity index (χ3n) is 6.70. The Hall–Kier alpha value is -3.67. The summed E-state index contributed by atoms with van der Waals surface area (Å²) in [6.45, 7) is 9.15. The quantitative estimate of drug-likeness (QED) is 0.0465. The molecule has 1 heterocycles. The fourth-order valence-electron chi connectivity index (χ4n) is 3.72. The van der Waals surface area contributed by atoms with Crippen molar-refractivity contribution < 1.29 is 118 Å². The molecule has 313 valence electrons. The molecule has 9 amide bonds. The maximum absolute atomic E-state index is 13.4.